The predicted molar refractivity (Wildman–Crippen MR) is 89.0 cm³/mol. The van der Waals surface area contributed by atoms with Crippen molar-refractivity contribution in [3.63, 3.8) is 0 Å². The zero-order valence-electron chi connectivity index (χ0n) is 14.4. The maximum Gasteiger partial charge on any atom is 0.337 e. The lowest BCUT2D eigenvalue weighted by Crippen LogP contribution is -2.51. The molecule has 0 saturated carbocycles. The van der Waals surface area contributed by atoms with Gasteiger partial charge in [0.05, 0.1) is 30.5 Å². The lowest BCUT2D eigenvalue weighted by atomic mass is 10.0. The number of anilines is 1. The van der Waals surface area contributed by atoms with Gasteiger partial charge in [0, 0.05) is 18.3 Å². The summed E-state index contributed by atoms with van der Waals surface area (Å²) in [6.45, 7) is 6.01. The van der Waals surface area contributed by atoms with Crippen LogP contribution >= 0.6 is 0 Å². The average Bonchev–Trinajstić information content (AvgIpc) is 2.54. The van der Waals surface area contributed by atoms with E-state index in [1.807, 2.05) is 6.92 Å². The highest BCUT2D eigenvalue weighted by molar-refractivity contribution is 5.94. The first kappa shape index (κ1) is 18.7. The Morgan fingerprint density at radius 2 is 2.00 bits per heavy atom. The number of nitrogens with zero attached hydrogens (tertiary/aromatic N) is 1. The Hall–Kier alpha value is -2.64. The molecule has 0 aliphatic carbocycles. The molecule has 0 bridgehead atoms. The quantitative estimate of drug-likeness (QED) is 0.770. The van der Waals surface area contributed by atoms with Crippen molar-refractivity contribution < 1.29 is 23.1 Å². The van der Waals surface area contributed by atoms with Gasteiger partial charge in [-0.25, -0.2) is 18.4 Å². The average molecular weight is 353 g/mol. The molecule has 0 radical (unpaired) electrons. The van der Waals surface area contributed by atoms with Crippen molar-refractivity contribution in [3.05, 3.63) is 41.1 Å². The van der Waals surface area contributed by atoms with E-state index in [9.17, 15) is 18.4 Å². The molecule has 6 nitrogen and oxygen atoms in total. The Balaban J connectivity index is 2.36. The molecule has 25 heavy (non-hydrogen) atoms. The Kier molecular flexibility index (Phi) is 5.95. The molecule has 0 spiro atoms. The molecular formula is C17H21F2N3O3. The molecule has 2 N–H and O–H groups in total. The topological polar surface area (TPSA) is 70.7 Å². The summed E-state index contributed by atoms with van der Waals surface area (Å²) >= 11 is 0. The summed E-state index contributed by atoms with van der Waals surface area (Å²) in [6, 6.07) is 2.61. The number of likely N-dealkylation sites (N-methyl/N-ethyl adjacent to an activating group) is 1. The summed E-state index contributed by atoms with van der Waals surface area (Å²) in [4.78, 5) is 25.7. The SMILES string of the molecule is CCOC(=O)C1=C(CN(CC)c2ccc(F)c(F)c2)NC(=O)NC1C. The third-order valence-corrected chi connectivity index (χ3v) is 3.86. The number of ether oxygens (including phenoxy) is 1. The van der Waals surface area contributed by atoms with Crippen LogP contribution in [0.5, 0.6) is 0 Å². The van der Waals surface area contributed by atoms with Crippen LogP contribution < -0.4 is 15.5 Å². The van der Waals surface area contributed by atoms with E-state index in [0.29, 0.717) is 23.5 Å². The van der Waals surface area contributed by atoms with E-state index in [1.54, 1.807) is 18.7 Å². The van der Waals surface area contributed by atoms with Crippen molar-refractivity contribution >= 4 is 17.7 Å². The van der Waals surface area contributed by atoms with Crippen molar-refractivity contribution in [3.8, 4) is 0 Å². The fourth-order valence-electron chi connectivity index (χ4n) is 2.66. The smallest absolute Gasteiger partial charge is 0.337 e. The monoisotopic (exact) mass is 353 g/mol. The van der Waals surface area contributed by atoms with Crippen molar-refractivity contribution in [2.24, 2.45) is 0 Å². The number of carbonyl (C=O) groups excluding carboxylic acids is 2. The summed E-state index contributed by atoms with van der Waals surface area (Å²) in [5.41, 5.74) is 1.13. The van der Waals surface area contributed by atoms with Gasteiger partial charge in [0.2, 0.25) is 0 Å². The number of amides is 2. The van der Waals surface area contributed by atoms with Gasteiger partial charge in [-0.1, -0.05) is 0 Å². The number of hydrogen-bond acceptors (Lipinski definition) is 4. The van der Waals surface area contributed by atoms with Gasteiger partial charge in [-0.05, 0) is 32.9 Å². The van der Waals surface area contributed by atoms with Gasteiger partial charge >= 0.3 is 12.0 Å². The van der Waals surface area contributed by atoms with Gasteiger partial charge in [-0.3, -0.25) is 0 Å². The molecular weight excluding hydrogens is 332 g/mol. The van der Waals surface area contributed by atoms with Crippen molar-refractivity contribution in [2.45, 2.75) is 26.8 Å². The minimum Gasteiger partial charge on any atom is -0.463 e. The second-order valence-electron chi connectivity index (χ2n) is 5.55. The van der Waals surface area contributed by atoms with Crippen LogP contribution in [-0.2, 0) is 9.53 Å². The second-order valence-corrected chi connectivity index (χ2v) is 5.55. The molecule has 1 aromatic rings. The van der Waals surface area contributed by atoms with Crippen LogP contribution in [0.3, 0.4) is 0 Å². The zero-order valence-corrected chi connectivity index (χ0v) is 14.4. The number of halogens is 2. The Morgan fingerprint density at radius 3 is 2.60 bits per heavy atom. The fraction of sp³-hybridized carbons (Fsp3) is 0.412. The summed E-state index contributed by atoms with van der Waals surface area (Å²) in [6.07, 6.45) is 0. The van der Waals surface area contributed by atoms with E-state index in [0.717, 1.165) is 12.1 Å². The second kappa shape index (κ2) is 7.96. The maximum atomic E-state index is 13.5. The van der Waals surface area contributed by atoms with Crippen LogP contribution in [0.4, 0.5) is 19.3 Å². The van der Waals surface area contributed by atoms with Gasteiger partial charge in [-0.2, -0.15) is 0 Å². The van der Waals surface area contributed by atoms with Crippen molar-refractivity contribution in [1.29, 1.82) is 0 Å². The molecule has 1 atom stereocenters. The number of esters is 1. The van der Waals surface area contributed by atoms with E-state index >= 15 is 0 Å². The van der Waals surface area contributed by atoms with Crippen molar-refractivity contribution in [1.82, 2.24) is 10.6 Å². The molecule has 1 unspecified atom stereocenters. The minimum absolute atomic E-state index is 0.146. The van der Waals surface area contributed by atoms with Crippen LogP contribution in [-0.4, -0.2) is 37.7 Å². The standard InChI is InChI=1S/C17H21F2N3O3/c1-4-22(11-6-7-12(18)13(19)8-11)9-14-15(16(23)25-5-2)10(3)20-17(24)21-14/h6-8,10H,4-5,9H2,1-3H3,(H2,20,21,24). The number of rotatable bonds is 6. The van der Waals surface area contributed by atoms with E-state index in [-0.39, 0.29) is 13.2 Å². The number of hydrogen-bond donors (Lipinski definition) is 2. The van der Waals surface area contributed by atoms with Crippen LogP contribution in [0.1, 0.15) is 20.8 Å². The molecule has 0 saturated heterocycles. The highest BCUT2D eigenvalue weighted by atomic mass is 19.2. The Morgan fingerprint density at radius 1 is 1.28 bits per heavy atom. The molecule has 0 fully saturated rings. The number of benzene rings is 1. The Bertz CT molecular complexity index is 706. The van der Waals surface area contributed by atoms with Crippen LogP contribution in [0.2, 0.25) is 0 Å². The van der Waals surface area contributed by atoms with E-state index < -0.39 is 29.7 Å². The van der Waals surface area contributed by atoms with E-state index in [1.165, 1.54) is 6.07 Å². The van der Waals surface area contributed by atoms with E-state index in [4.69, 9.17) is 4.74 Å². The third kappa shape index (κ3) is 4.26. The molecule has 1 aromatic carbocycles. The summed E-state index contributed by atoms with van der Waals surface area (Å²) in [5.74, 6) is -2.42. The zero-order chi connectivity index (χ0) is 18.6. The first-order valence-electron chi connectivity index (χ1n) is 8.05. The van der Waals surface area contributed by atoms with Gasteiger partial charge in [-0.15, -0.1) is 0 Å². The lowest BCUT2D eigenvalue weighted by molar-refractivity contribution is -0.139. The first-order valence-corrected chi connectivity index (χ1v) is 8.05. The largest absolute Gasteiger partial charge is 0.463 e. The number of nitrogens with one attached hydrogen (secondary N) is 2. The molecule has 8 heteroatoms. The normalized spacial score (nSPS) is 17.0. The van der Waals surface area contributed by atoms with E-state index in [2.05, 4.69) is 10.6 Å². The molecule has 2 rings (SSSR count). The van der Waals surface area contributed by atoms with Gasteiger partial charge in [0.15, 0.2) is 11.6 Å². The van der Waals surface area contributed by atoms with Gasteiger partial charge in [0.25, 0.3) is 0 Å². The predicted octanol–water partition coefficient (Wildman–Crippen LogP) is 2.31. The highest BCUT2D eigenvalue weighted by Gasteiger charge is 2.30. The van der Waals surface area contributed by atoms with Gasteiger partial charge < -0.3 is 20.3 Å². The molecule has 1 aliphatic rings. The molecule has 1 aliphatic heterocycles. The van der Waals surface area contributed by atoms with Crippen molar-refractivity contribution in [2.75, 3.05) is 24.6 Å². The first-order chi connectivity index (χ1) is 11.9. The molecule has 0 aromatic heterocycles. The Labute approximate surface area is 144 Å². The minimum atomic E-state index is -0.960. The summed E-state index contributed by atoms with van der Waals surface area (Å²) in [7, 11) is 0. The summed E-state index contributed by atoms with van der Waals surface area (Å²) in [5, 5.41) is 5.23. The number of urea groups is 1. The van der Waals surface area contributed by atoms with Crippen LogP contribution in [0, 0.1) is 11.6 Å². The maximum absolute atomic E-state index is 13.5. The van der Waals surface area contributed by atoms with Gasteiger partial charge in [0.1, 0.15) is 0 Å². The summed E-state index contributed by atoms with van der Waals surface area (Å²) < 4.78 is 31.7. The highest BCUT2D eigenvalue weighted by Crippen LogP contribution is 2.21. The van der Waals surface area contributed by atoms with Crippen LogP contribution in [0.25, 0.3) is 0 Å². The van der Waals surface area contributed by atoms with Crippen LogP contribution in [0.15, 0.2) is 29.5 Å². The fourth-order valence-corrected chi connectivity index (χ4v) is 2.66. The molecule has 136 valence electrons. The molecule has 1 heterocycles. The molecule has 2 amide bonds. The third-order valence-electron chi connectivity index (χ3n) is 3.86. The number of carbonyl (C=O) groups is 2. The lowest BCUT2D eigenvalue weighted by Gasteiger charge is -2.31.